The maximum Gasteiger partial charge on any atom is 0.355 e. The standard InChI is InChI=1S/C20H24N2O6/c1-10-6-7-14(19(25)27-5)8-15(10)22-16(24)9-28-20(26)18-11(2)17(13(4)23)12(3)21-18/h6-8,13,21,23H,9H2,1-5H3,(H,22,24)/t13-/m1/s1. The van der Waals surface area contributed by atoms with Crippen molar-refractivity contribution in [3.63, 3.8) is 0 Å². The lowest BCUT2D eigenvalue weighted by Crippen LogP contribution is -2.22. The second-order valence-corrected chi connectivity index (χ2v) is 6.49. The topological polar surface area (TPSA) is 118 Å². The van der Waals surface area contributed by atoms with Crippen molar-refractivity contribution in [1.29, 1.82) is 0 Å². The molecule has 0 aliphatic rings. The van der Waals surface area contributed by atoms with Crippen molar-refractivity contribution in [2.75, 3.05) is 19.0 Å². The number of hydrogen-bond donors (Lipinski definition) is 3. The molecule has 2 rings (SSSR count). The lowest BCUT2D eigenvalue weighted by Gasteiger charge is -2.10. The van der Waals surface area contributed by atoms with E-state index < -0.39 is 30.6 Å². The van der Waals surface area contributed by atoms with Gasteiger partial charge in [-0.3, -0.25) is 4.79 Å². The Bertz CT molecular complexity index is 914. The number of carbonyl (C=O) groups excluding carboxylic acids is 3. The number of hydrogen-bond acceptors (Lipinski definition) is 6. The minimum Gasteiger partial charge on any atom is -0.465 e. The van der Waals surface area contributed by atoms with Crippen LogP contribution >= 0.6 is 0 Å². The minimum absolute atomic E-state index is 0.199. The maximum absolute atomic E-state index is 12.3. The van der Waals surface area contributed by atoms with E-state index >= 15 is 0 Å². The molecule has 3 N–H and O–H groups in total. The van der Waals surface area contributed by atoms with Crippen molar-refractivity contribution in [3.05, 3.63) is 51.8 Å². The average molecular weight is 388 g/mol. The summed E-state index contributed by atoms with van der Waals surface area (Å²) in [5, 5.41) is 12.4. The first kappa shape index (κ1) is 21.2. The van der Waals surface area contributed by atoms with Crippen molar-refractivity contribution in [1.82, 2.24) is 4.98 Å². The Kier molecular flexibility index (Phi) is 6.58. The molecular formula is C20H24N2O6. The van der Waals surface area contributed by atoms with Crippen LogP contribution in [0.4, 0.5) is 5.69 Å². The third-order valence-electron chi connectivity index (χ3n) is 4.38. The number of aliphatic hydroxyl groups is 1. The molecule has 0 saturated carbocycles. The SMILES string of the molecule is COC(=O)c1ccc(C)c(NC(=O)COC(=O)c2[nH]c(C)c([C@@H](C)O)c2C)c1. The molecule has 150 valence electrons. The minimum atomic E-state index is -0.730. The molecule has 1 aromatic carbocycles. The molecular weight excluding hydrogens is 364 g/mol. The highest BCUT2D eigenvalue weighted by Crippen LogP contribution is 2.25. The third kappa shape index (κ3) is 4.58. The predicted octanol–water partition coefficient (Wildman–Crippen LogP) is 2.58. The van der Waals surface area contributed by atoms with Gasteiger partial charge in [0.05, 0.1) is 18.8 Å². The van der Waals surface area contributed by atoms with Gasteiger partial charge in [0.15, 0.2) is 6.61 Å². The molecule has 28 heavy (non-hydrogen) atoms. The molecule has 0 aliphatic heterocycles. The highest BCUT2D eigenvalue weighted by Gasteiger charge is 2.21. The van der Waals surface area contributed by atoms with Gasteiger partial charge in [-0.05, 0) is 51.0 Å². The molecule has 0 saturated heterocycles. The first-order chi connectivity index (χ1) is 13.1. The number of aliphatic hydroxyl groups excluding tert-OH is 1. The fourth-order valence-electron chi connectivity index (χ4n) is 2.99. The lowest BCUT2D eigenvalue weighted by atomic mass is 10.1. The third-order valence-corrected chi connectivity index (χ3v) is 4.38. The Balaban J connectivity index is 2.04. The molecule has 8 nitrogen and oxygen atoms in total. The summed E-state index contributed by atoms with van der Waals surface area (Å²) in [6, 6.07) is 4.76. The summed E-state index contributed by atoms with van der Waals surface area (Å²) in [7, 11) is 1.27. The van der Waals surface area contributed by atoms with E-state index in [9.17, 15) is 19.5 Å². The molecule has 0 fully saturated rings. The highest BCUT2D eigenvalue weighted by atomic mass is 16.5. The van der Waals surface area contributed by atoms with E-state index in [1.807, 2.05) is 0 Å². The first-order valence-corrected chi connectivity index (χ1v) is 8.68. The zero-order valence-corrected chi connectivity index (χ0v) is 16.5. The van der Waals surface area contributed by atoms with Crippen molar-refractivity contribution < 1.29 is 29.0 Å². The van der Waals surface area contributed by atoms with Gasteiger partial charge in [0.2, 0.25) is 0 Å². The number of aryl methyl sites for hydroxylation is 2. The lowest BCUT2D eigenvalue weighted by molar-refractivity contribution is -0.119. The van der Waals surface area contributed by atoms with Crippen LogP contribution in [0.15, 0.2) is 18.2 Å². The number of ether oxygens (including phenoxy) is 2. The first-order valence-electron chi connectivity index (χ1n) is 8.68. The van der Waals surface area contributed by atoms with Crippen molar-refractivity contribution >= 4 is 23.5 Å². The molecule has 2 aromatic rings. The number of carbonyl (C=O) groups is 3. The number of esters is 2. The number of rotatable bonds is 6. The number of nitrogens with one attached hydrogen (secondary N) is 2. The summed E-state index contributed by atoms with van der Waals surface area (Å²) in [4.78, 5) is 38.9. The van der Waals surface area contributed by atoms with E-state index in [0.717, 1.165) is 5.56 Å². The van der Waals surface area contributed by atoms with Gasteiger partial charge < -0.3 is 24.9 Å². The number of H-pyrrole nitrogens is 1. The number of aromatic amines is 1. The van der Waals surface area contributed by atoms with Crippen LogP contribution in [0.1, 0.15) is 56.3 Å². The Morgan fingerprint density at radius 3 is 2.43 bits per heavy atom. The smallest absolute Gasteiger partial charge is 0.355 e. The number of amides is 1. The Hall–Kier alpha value is -3.13. The van der Waals surface area contributed by atoms with Crippen molar-refractivity contribution in [3.8, 4) is 0 Å². The summed E-state index contributed by atoms with van der Waals surface area (Å²) < 4.78 is 9.74. The van der Waals surface area contributed by atoms with E-state index in [1.165, 1.54) is 13.2 Å². The van der Waals surface area contributed by atoms with Gasteiger partial charge in [-0.15, -0.1) is 0 Å². The maximum atomic E-state index is 12.3. The summed E-state index contributed by atoms with van der Waals surface area (Å²) in [5.41, 5.74) is 3.54. The summed E-state index contributed by atoms with van der Waals surface area (Å²) in [5.74, 6) is -1.76. The van der Waals surface area contributed by atoms with Crippen LogP contribution in [-0.2, 0) is 14.3 Å². The van der Waals surface area contributed by atoms with E-state index in [2.05, 4.69) is 15.0 Å². The highest BCUT2D eigenvalue weighted by molar-refractivity contribution is 5.97. The molecule has 1 aromatic heterocycles. The molecule has 0 aliphatic carbocycles. The zero-order valence-electron chi connectivity index (χ0n) is 16.5. The van der Waals surface area contributed by atoms with Crippen LogP contribution < -0.4 is 5.32 Å². The number of methoxy groups -OCH3 is 1. The summed E-state index contributed by atoms with van der Waals surface area (Å²) >= 11 is 0. The van der Waals surface area contributed by atoms with E-state index in [0.29, 0.717) is 28.1 Å². The zero-order chi connectivity index (χ0) is 21.0. The molecule has 0 unspecified atom stereocenters. The van der Waals surface area contributed by atoms with Crippen LogP contribution in [0.5, 0.6) is 0 Å². The van der Waals surface area contributed by atoms with Gasteiger partial charge in [-0.25, -0.2) is 9.59 Å². The van der Waals surface area contributed by atoms with E-state index in [1.54, 1.807) is 39.8 Å². The predicted molar refractivity (Wildman–Crippen MR) is 102 cm³/mol. The second-order valence-electron chi connectivity index (χ2n) is 6.49. The molecule has 0 radical (unpaired) electrons. The molecule has 8 heteroatoms. The largest absolute Gasteiger partial charge is 0.465 e. The molecule has 1 amide bonds. The Morgan fingerprint density at radius 2 is 1.86 bits per heavy atom. The fraction of sp³-hybridized carbons (Fsp3) is 0.350. The molecule has 1 heterocycles. The monoisotopic (exact) mass is 388 g/mol. The molecule has 0 bridgehead atoms. The molecule has 0 spiro atoms. The van der Waals surface area contributed by atoms with E-state index in [-0.39, 0.29) is 5.69 Å². The fourth-order valence-corrected chi connectivity index (χ4v) is 2.99. The quantitative estimate of drug-likeness (QED) is 0.655. The number of anilines is 1. The summed E-state index contributed by atoms with van der Waals surface area (Å²) in [6.45, 7) is 6.32. The Labute approximate surface area is 162 Å². The van der Waals surface area contributed by atoms with E-state index in [4.69, 9.17) is 4.74 Å². The van der Waals surface area contributed by atoms with Crippen molar-refractivity contribution in [2.24, 2.45) is 0 Å². The van der Waals surface area contributed by atoms with Crippen LogP contribution in [0.2, 0.25) is 0 Å². The van der Waals surface area contributed by atoms with Gasteiger partial charge in [0.25, 0.3) is 5.91 Å². The summed E-state index contributed by atoms with van der Waals surface area (Å²) in [6.07, 6.45) is -0.730. The average Bonchev–Trinajstić information content (AvgIpc) is 2.95. The number of benzene rings is 1. The Morgan fingerprint density at radius 1 is 1.18 bits per heavy atom. The van der Waals surface area contributed by atoms with Gasteiger partial charge in [-0.1, -0.05) is 6.07 Å². The second kappa shape index (κ2) is 8.71. The van der Waals surface area contributed by atoms with Crippen LogP contribution in [-0.4, -0.2) is 41.7 Å². The van der Waals surface area contributed by atoms with Gasteiger partial charge in [0.1, 0.15) is 5.69 Å². The number of aromatic nitrogens is 1. The van der Waals surface area contributed by atoms with Crippen LogP contribution in [0.25, 0.3) is 0 Å². The van der Waals surface area contributed by atoms with Crippen molar-refractivity contribution in [2.45, 2.75) is 33.8 Å². The van der Waals surface area contributed by atoms with Gasteiger partial charge in [0, 0.05) is 16.9 Å². The van der Waals surface area contributed by atoms with Gasteiger partial charge in [-0.2, -0.15) is 0 Å². The normalized spacial score (nSPS) is 11.6. The molecule has 1 atom stereocenters. The van der Waals surface area contributed by atoms with Crippen LogP contribution in [0, 0.1) is 20.8 Å². The van der Waals surface area contributed by atoms with Gasteiger partial charge >= 0.3 is 11.9 Å². The van der Waals surface area contributed by atoms with Crippen LogP contribution in [0.3, 0.4) is 0 Å².